The highest BCUT2D eigenvalue weighted by Crippen LogP contribution is 1.93. The fourth-order valence-electron chi connectivity index (χ4n) is 0.900. The predicted octanol–water partition coefficient (Wildman–Crippen LogP) is -0.274. The molecule has 1 N–H and O–H groups in total. The van der Waals surface area contributed by atoms with Crippen molar-refractivity contribution in [2.24, 2.45) is 0 Å². The highest BCUT2D eigenvalue weighted by Gasteiger charge is 1.98. The van der Waals surface area contributed by atoms with Gasteiger partial charge in [0.05, 0.1) is 0 Å². The first-order valence-electron chi connectivity index (χ1n) is 3.17. The summed E-state index contributed by atoms with van der Waals surface area (Å²) in [7, 11) is 0. The highest BCUT2D eigenvalue weighted by atomic mass is 16.1. The zero-order valence-electron chi connectivity index (χ0n) is 5.90. The number of nitrogens with one attached hydrogen (secondary N) is 1. The summed E-state index contributed by atoms with van der Waals surface area (Å²) in [4.78, 5) is 14.9. The van der Waals surface area contributed by atoms with Gasteiger partial charge >= 0.3 is 5.69 Å². The van der Waals surface area contributed by atoms with E-state index >= 15 is 0 Å². The van der Waals surface area contributed by atoms with Crippen LogP contribution in [0.15, 0.2) is 17.2 Å². The Bertz CT molecular complexity index is 441. The van der Waals surface area contributed by atoms with Crippen molar-refractivity contribution in [1.82, 2.24) is 19.6 Å². The van der Waals surface area contributed by atoms with E-state index in [9.17, 15) is 4.79 Å². The molecule has 0 aliphatic carbocycles. The quantitative estimate of drug-likeness (QED) is 0.562. The number of nitrogens with zero attached hydrogens (tertiary/aromatic N) is 3. The van der Waals surface area contributed by atoms with Gasteiger partial charge in [-0.05, 0) is 12.5 Å². The van der Waals surface area contributed by atoms with E-state index in [2.05, 4.69) is 15.2 Å². The Morgan fingerprint density at radius 3 is 3.27 bits per heavy atom. The molecule has 2 rings (SSSR count). The summed E-state index contributed by atoms with van der Waals surface area (Å²) >= 11 is 0. The number of aromatic nitrogens is 4. The fourth-order valence-corrected chi connectivity index (χ4v) is 0.900. The molecule has 0 saturated carbocycles. The summed E-state index contributed by atoms with van der Waals surface area (Å²) in [5, 5.41) is 5.97. The van der Waals surface area contributed by atoms with Crippen molar-refractivity contribution in [3.05, 3.63) is 28.4 Å². The number of fused-ring (bicyclic) bond motifs is 1. The molecule has 2 aromatic rings. The van der Waals surface area contributed by atoms with Crippen molar-refractivity contribution in [3.8, 4) is 0 Å². The van der Waals surface area contributed by atoms with Crippen molar-refractivity contribution in [1.29, 1.82) is 0 Å². The van der Waals surface area contributed by atoms with Crippen LogP contribution in [0.25, 0.3) is 5.78 Å². The van der Waals surface area contributed by atoms with Crippen molar-refractivity contribution >= 4 is 5.78 Å². The third kappa shape index (κ3) is 0.813. The summed E-state index contributed by atoms with van der Waals surface area (Å²) < 4.78 is 1.37. The van der Waals surface area contributed by atoms with Crippen LogP contribution in [0.1, 0.15) is 5.56 Å². The van der Waals surface area contributed by atoms with E-state index < -0.39 is 0 Å². The zero-order valence-corrected chi connectivity index (χ0v) is 5.90. The molecule has 0 aliphatic heterocycles. The topological polar surface area (TPSA) is 63.0 Å². The first kappa shape index (κ1) is 6.09. The number of aromatic amines is 1. The number of H-pyrrole nitrogens is 1. The molecular weight excluding hydrogens is 144 g/mol. The highest BCUT2D eigenvalue weighted by molar-refractivity contribution is 5.25. The average Bonchev–Trinajstić information content (AvgIpc) is 2.33. The molecule has 2 heterocycles. The lowest BCUT2D eigenvalue weighted by atomic mass is 10.4. The third-order valence-electron chi connectivity index (χ3n) is 1.40. The fraction of sp³-hybridized carbons (Fsp3) is 0.167. The smallest absolute Gasteiger partial charge is 0.246 e. The maximum absolute atomic E-state index is 10.9. The van der Waals surface area contributed by atoms with Gasteiger partial charge in [-0.2, -0.15) is 0 Å². The predicted molar refractivity (Wildman–Crippen MR) is 38.3 cm³/mol. The molecule has 0 fully saturated rings. The van der Waals surface area contributed by atoms with Crippen molar-refractivity contribution in [2.75, 3.05) is 0 Å². The SMILES string of the molecule is Cc1cnc2n[nH]c(=O)n2c1. The van der Waals surface area contributed by atoms with Gasteiger partial charge in [0.1, 0.15) is 0 Å². The molecule has 5 nitrogen and oxygen atoms in total. The van der Waals surface area contributed by atoms with Crippen LogP contribution in [0, 0.1) is 6.92 Å². The Labute approximate surface area is 61.7 Å². The van der Waals surface area contributed by atoms with E-state index in [1.54, 1.807) is 12.4 Å². The minimum Gasteiger partial charge on any atom is -0.246 e. The zero-order chi connectivity index (χ0) is 7.84. The second kappa shape index (κ2) is 1.91. The molecule has 11 heavy (non-hydrogen) atoms. The van der Waals surface area contributed by atoms with Crippen LogP contribution in [-0.2, 0) is 0 Å². The van der Waals surface area contributed by atoms with Gasteiger partial charge in [0.15, 0.2) is 0 Å². The van der Waals surface area contributed by atoms with Crippen LogP contribution in [0.5, 0.6) is 0 Å². The van der Waals surface area contributed by atoms with Gasteiger partial charge < -0.3 is 0 Å². The number of hydrogen-bond acceptors (Lipinski definition) is 3. The molecule has 56 valence electrons. The minimum atomic E-state index is -0.254. The molecule has 0 bridgehead atoms. The monoisotopic (exact) mass is 150 g/mol. The summed E-state index contributed by atoms with van der Waals surface area (Å²) in [5.74, 6) is 0.403. The maximum atomic E-state index is 10.9. The van der Waals surface area contributed by atoms with Crippen LogP contribution >= 0.6 is 0 Å². The van der Waals surface area contributed by atoms with Gasteiger partial charge in [0, 0.05) is 12.4 Å². The van der Waals surface area contributed by atoms with Crippen molar-refractivity contribution in [3.63, 3.8) is 0 Å². The van der Waals surface area contributed by atoms with E-state index in [4.69, 9.17) is 0 Å². The maximum Gasteiger partial charge on any atom is 0.348 e. The van der Waals surface area contributed by atoms with E-state index in [1.165, 1.54) is 4.40 Å². The van der Waals surface area contributed by atoms with E-state index in [1.807, 2.05) is 6.92 Å². The van der Waals surface area contributed by atoms with Crippen LogP contribution in [0.4, 0.5) is 0 Å². The Hall–Kier alpha value is -1.65. The van der Waals surface area contributed by atoms with Gasteiger partial charge in [-0.25, -0.2) is 19.3 Å². The van der Waals surface area contributed by atoms with Crippen LogP contribution in [-0.4, -0.2) is 19.6 Å². The molecule has 0 saturated heterocycles. The molecule has 0 aromatic carbocycles. The first-order chi connectivity index (χ1) is 5.27. The molecule has 5 heteroatoms. The molecule has 2 aromatic heterocycles. The second-order valence-electron chi connectivity index (χ2n) is 2.33. The molecule has 0 aliphatic rings. The lowest BCUT2D eigenvalue weighted by Crippen LogP contribution is -2.09. The standard InChI is InChI=1S/C6H6N4O/c1-4-2-7-5-8-9-6(11)10(5)3-4/h2-3H,1H3,(H,9,11). The summed E-state index contributed by atoms with van der Waals surface area (Å²) in [5.41, 5.74) is 0.678. The number of hydrogen-bond donors (Lipinski definition) is 1. The van der Waals surface area contributed by atoms with Crippen LogP contribution < -0.4 is 5.69 Å². The molecule has 0 amide bonds. The molecule has 0 atom stereocenters. The number of aryl methyl sites for hydroxylation is 1. The first-order valence-corrected chi connectivity index (χ1v) is 3.17. The van der Waals surface area contributed by atoms with Crippen LogP contribution in [0.2, 0.25) is 0 Å². The Morgan fingerprint density at radius 1 is 1.64 bits per heavy atom. The normalized spacial score (nSPS) is 10.6. The molecule has 0 spiro atoms. The van der Waals surface area contributed by atoms with E-state index in [0.717, 1.165) is 5.56 Å². The Kier molecular flexibility index (Phi) is 1.06. The molecule has 0 unspecified atom stereocenters. The minimum absolute atomic E-state index is 0.254. The van der Waals surface area contributed by atoms with Gasteiger partial charge in [0.2, 0.25) is 0 Å². The summed E-state index contributed by atoms with van der Waals surface area (Å²) in [6, 6.07) is 0. The Balaban J connectivity index is 2.99. The lowest BCUT2D eigenvalue weighted by molar-refractivity contribution is 1.01. The summed E-state index contributed by atoms with van der Waals surface area (Å²) in [6.07, 6.45) is 3.35. The summed E-state index contributed by atoms with van der Waals surface area (Å²) in [6.45, 7) is 1.87. The van der Waals surface area contributed by atoms with E-state index in [0.29, 0.717) is 5.78 Å². The number of rotatable bonds is 0. The van der Waals surface area contributed by atoms with Crippen LogP contribution in [0.3, 0.4) is 0 Å². The van der Waals surface area contributed by atoms with Crippen molar-refractivity contribution < 1.29 is 0 Å². The second-order valence-corrected chi connectivity index (χ2v) is 2.33. The average molecular weight is 150 g/mol. The van der Waals surface area contributed by atoms with Gasteiger partial charge in [-0.3, -0.25) is 0 Å². The Morgan fingerprint density at radius 2 is 2.45 bits per heavy atom. The molecular formula is C6H6N4O. The third-order valence-corrected chi connectivity index (χ3v) is 1.40. The van der Waals surface area contributed by atoms with Crippen molar-refractivity contribution in [2.45, 2.75) is 6.92 Å². The molecule has 0 radical (unpaired) electrons. The van der Waals surface area contributed by atoms with Gasteiger partial charge in [-0.1, -0.05) is 0 Å². The largest absolute Gasteiger partial charge is 0.348 e. The lowest BCUT2D eigenvalue weighted by Gasteiger charge is -1.89. The van der Waals surface area contributed by atoms with E-state index in [-0.39, 0.29) is 5.69 Å². The van der Waals surface area contributed by atoms with Gasteiger partial charge in [0.25, 0.3) is 5.78 Å². The van der Waals surface area contributed by atoms with Gasteiger partial charge in [-0.15, -0.1) is 5.10 Å².